The van der Waals surface area contributed by atoms with E-state index < -0.39 is 0 Å². The number of hydrogen-bond donors (Lipinski definition) is 0. The fraction of sp³-hybridized carbons (Fsp3) is 0. The van der Waals surface area contributed by atoms with Gasteiger partial charge in [-0.25, -0.2) is 0 Å². The molecular formula is C43H25N3. The standard InChI is InChI=1S/C43H25N3/c44-28-30-27-29(25-26-38(30)45-40-21-9-4-16-34(40)35-17-5-10-22-41(35)45)31-13-1-2-14-32(31)33-15-3-8-20-39(33)46-42-23-11-6-18-36(42)37-19-7-12-24-43(37)46/h1,3-13,15-27H. The maximum atomic E-state index is 10.5. The van der Waals surface area contributed by atoms with E-state index in [1.807, 2.05) is 12.1 Å². The molecule has 0 amide bonds. The number of aromatic nitrogens is 2. The molecule has 3 nitrogen and oxygen atoms in total. The SMILES string of the molecule is N#Cc1cc(C2=CC=C=C=C2c2ccccc2-n2c3ccccc3c3ccccc32)ccc1-n1c2ccccc2c2ccccc21. The summed E-state index contributed by atoms with van der Waals surface area (Å²) in [5, 5.41) is 15.3. The molecule has 0 fully saturated rings. The van der Waals surface area contributed by atoms with Gasteiger partial charge in [-0.3, -0.25) is 0 Å². The Kier molecular flexibility index (Phi) is 5.79. The van der Waals surface area contributed by atoms with Crippen LogP contribution in [0, 0.1) is 11.3 Å². The van der Waals surface area contributed by atoms with E-state index in [2.05, 4.69) is 166 Å². The van der Waals surface area contributed by atoms with Gasteiger partial charge in [0.05, 0.1) is 39.0 Å². The van der Waals surface area contributed by atoms with E-state index in [9.17, 15) is 5.26 Å². The number of hydrogen-bond acceptors (Lipinski definition) is 1. The van der Waals surface area contributed by atoms with Crippen LogP contribution in [0.5, 0.6) is 0 Å². The van der Waals surface area contributed by atoms with Crippen LogP contribution in [0.4, 0.5) is 0 Å². The quantitative estimate of drug-likeness (QED) is 0.190. The van der Waals surface area contributed by atoms with Crippen LogP contribution >= 0.6 is 0 Å². The third-order valence-electron chi connectivity index (χ3n) is 9.04. The lowest BCUT2D eigenvalue weighted by molar-refractivity contribution is 1.16. The molecule has 8 aromatic rings. The zero-order valence-corrected chi connectivity index (χ0v) is 24.8. The normalized spacial score (nSPS) is 12.6. The minimum absolute atomic E-state index is 0.610. The third kappa shape index (κ3) is 3.80. The highest BCUT2D eigenvalue weighted by Gasteiger charge is 2.21. The fourth-order valence-corrected chi connectivity index (χ4v) is 7.07. The van der Waals surface area contributed by atoms with Gasteiger partial charge in [0.15, 0.2) is 0 Å². The molecule has 0 aliphatic heterocycles. The lowest BCUT2D eigenvalue weighted by Crippen LogP contribution is -2.02. The molecule has 0 atom stereocenters. The first kappa shape index (κ1) is 25.9. The molecular weight excluding hydrogens is 558 g/mol. The molecule has 1 aliphatic carbocycles. The Morgan fingerprint density at radius 3 is 1.59 bits per heavy atom. The molecule has 6 aromatic carbocycles. The highest BCUT2D eigenvalue weighted by Crippen LogP contribution is 2.40. The minimum Gasteiger partial charge on any atom is -0.309 e. The van der Waals surface area contributed by atoms with Crippen LogP contribution in [-0.2, 0) is 0 Å². The van der Waals surface area contributed by atoms with Crippen molar-refractivity contribution in [1.29, 1.82) is 5.26 Å². The van der Waals surface area contributed by atoms with Gasteiger partial charge in [0.1, 0.15) is 6.07 Å². The van der Waals surface area contributed by atoms with Crippen molar-refractivity contribution < 1.29 is 0 Å². The lowest BCUT2D eigenvalue weighted by Gasteiger charge is -2.18. The van der Waals surface area contributed by atoms with Gasteiger partial charge < -0.3 is 9.13 Å². The molecule has 0 saturated heterocycles. The number of rotatable bonds is 4. The molecule has 0 bridgehead atoms. The lowest BCUT2D eigenvalue weighted by atomic mass is 9.89. The maximum absolute atomic E-state index is 10.5. The predicted molar refractivity (Wildman–Crippen MR) is 189 cm³/mol. The average molecular weight is 584 g/mol. The average Bonchev–Trinajstić information content (AvgIpc) is 3.64. The molecule has 3 heteroatoms. The summed E-state index contributed by atoms with van der Waals surface area (Å²) in [5.41, 5.74) is 17.6. The van der Waals surface area contributed by atoms with Crippen molar-refractivity contribution in [3.05, 3.63) is 180 Å². The predicted octanol–water partition coefficient (Wildman–Crippen LogP) is 10.5. The summed E-state index contributed by atoms with van der Waals surface area (Å²) in [5.74, 6) is 0. The molecule has 0 saturated carbocycles. The van der Waals surface area contributed by atoms with Gasteiger partial charge in [0.2, 0.25) is 0 Å². The fourth-order valence-electron chi connectivity index (χ4n) is 7.07. The second kappa shape index (κ2) is 10.3. The number of allylic oxidation sites excluding steroid dienone is 4. The largest absolute Gasteiger partial charge is 0.309 e. The van der Waals surface area contributed by atoms with Crippen molar-refractivity contribution in [2.24, 2.45) is 0 Å². The van der Waals surface area contributed by atoms with E-state index in [0.29, 0.717) is 5.56 Å². The first-order valence-electron chi connectivity index (χ1n) is 15.4. The van der Waals surface area contributed by atoms with Crippen LogP contribution in [0.1, 0.15) is 16.7 Å². The number of benzene rings is 6. The summed E-state index contributed by atoms with van der Waals surface area (Å²) in [6, 6.07) is 51.1. The van der Waals surface area contributed by atoms with Gasteiger partial charge in [0.25, 0.3) is 0 Å². The zero-order valence-electron chi connectivity index (χ0n) is 24.8. The van der Waals surface area contributed by atoms with Crippen LogP contribution in [0.25, 0.3) is 66.1 Å². The number of para-hydroxylation sites is 5. The zero-order chi connectivity index (χ0) is 30.6. The van der Waals surface area contributed by atoms with Crippen molar-refractivity contribution in [3.63, 3.8) is 0 Å². The summed E-state index contributed by atoms with van der Waals surface area (Å²) < 4.78 is 4.55. The second-order valence-electron chi connectivity index (χ2n) is 11.5. The van der Waals surface area contributed by atoms with E-state index in [1.54, 1.807) is 0 Å². The van der Waals surface area contributed by atoms with Crippen molar-refractivity contribution in [2.45, 2.75) is 0 Å². The van der Waals surface area contributed by atoms with Crippen LogP contribution in [-0.4, -0.2) is 9.13 Å². The first-order chi connectivity index (χ1) is 22.8. The van der Waals surface area contributed by atoms with Crippen LogP contribution in [0.2, 0.25) is 0 Å². The van der Waals surface area contributed by atoms with Crippen molar-refractivity contribution in [3.8, 4) is 17.4 Å². The number of nitriles is 1. The molecule has 0 spiro atoms. The summed E-state index contributed by atoms with van der Waals surface area (Å²) in [6.45, 7) is 0. The Balaban J connectivity index is 1.22. The molecule has 0 N–H and O–H groups in total. The molecule has 2 aromatic heterocycles. The van der Waals surface area contributed by atoms with E-state index in [0.717, 1.165) is 55.7 Å². The van der Waals surface area contributed by atoms with E-state index in [-0.39, 0.29) is 0 Å². The highest BCUT2D eigenvalue weighted by atomic mass is 15.0. The van der Waals surface area contributed by atoms with Gasteiger partial charge >= 0.3 is 0 Å². The Hall–Kier alpha value is -6.55. The van der Waals surface area contributed by atoms with Crippen molar-refractivity contribution >= 4 is 54.8 Å². The summed E-state index contributed by atoms with van der Waals surface area (Å²) >= 11 is 0. The van der Waals surface area contributed by atoms with E-state index in [4.69, 9.17) is 0 Å². The maximum Gasteiger partial charge on any atom is 0.101 e. The molecule has 46 heavy (non-hydrogen) atoms. The number of nitrogens with zero attached hydrogens (tertiary/aromatic N) is 3. The minimum atomic E-state index is 0.610. The molecule has 212 valence electrons. The molecule has 1 aliphatic rings. The van der Waals surface area contributed by atoms with Crippen LogP contribution < -0.4 is 0 Å². The topological polar surface area (TPSA) is 33.6 Å². The second-order valence-corrected chi connectivity index (χ2v) is 11.5. The van der Waals surface area contributed by atoms with Crippen molar-refractivity contribution in [2.75, 3.05) is 0 Å². The summed E-state index contributed by atoms with van der Waals surface area (Å²) in [4.78, 5) is 0. The number of fused-ring (bicyclic) bond motifs is 6. The Bertz CT molecular complexity index is 2620. The van der Waals surface area contributed by atoms with Gasteiger partial charge in [-0.15, -0.1) is 0 Å². The van der Waals surface area contributed by atoms with E-state index in [1.165, 1.54) is 21.5 Å². The molecule has 9 rings (SSSR count). The first-order valence-corrected chi connectivity index (χ1v) is 15.4. The smallest absolute Gasteiger partial charge is 0.101 e. The van der Waals surface area contributed by atoms with Gasteiger partial charge in [0, 0.05) is 32.7 Å². The van der Waals surface area contributed by atoms with Gasteiger partial charge in [-0.05, 0) is 65.8 Å². The monoisotopic (exact) mass is 583 g/mol. The van der Waals surface area contributed by atoms with Gasteiger partial charge in [-0.1, -0.05) is 109 Å². The molecule has 2 heterocycles. The highest BCUT2D eigenvalue weighted by molar-refractivity contribution is 6.12. The summed E-state index contributed by atoms with van der Waals surface area (Å²) in [6.07, 6.45) is 3.97. The summed E-state index contributed by atoms with van der Waals surface area (Å²) in [7, 11) is 0. The van der Waals surface area contributed by atoms with Crippen LogP contribution in [0.3, 0.4) is 0 Å². The Labute approximate surface area is 265 Å². The molecule has 0 unspecified atom stereocenters. The van der Waals surface area contributed by atoms with Crippen molar-refractivity contribution in [1.82, 2.24) is 9.13 Å². The Morgan fingerprint density at radius 1 is 0.522 bits per heavy atom. The van der Waals surface area contributed by atoms with Gasteiger partial charge in [-0.2, -0.15) is 5.26 Å². The molecule has 0 radical (unpaired) electrons. The van der Waals surface area contributed by atoms with E-state index >= 15 is 0 Å². The Morgan fingerprint density at radius 2 is 1.02 bits per heavy atom. The van der Waals surface area contributed by atoms with Crippen LogP contribution in [0.15, 0.2) is 163 Å². The third-order valence-corrected chi connectivity index (χ3v) is 9.04.